The number of aromatic nitrogens is 3. The van der Waals surface area contributed by atoms with E-state index in [0.29, 0.717) is 21.6 Å². The van der Waals surface area contributed by atoms with Crippen LogP contribution < -0.4 is 5.32 Å². The van der Waals surface area contributed by atoms with E-state index < -0.39 is 23.2 Å². The van der Waals surface area contributed by atoms with Gasteiger partial charge in [0.05, 0.1) is 10.8 Å². The normalized spacial score (nSPS) is 10.8. The molecule has 0 aliphatic heterocycles. The van der Waals surface area contributed by atoms with Gasteiger partial charge in [-0.25, -0.2) is 8.78 Å². The maximum absolute atomic E-state index is 13.6. The van der Waals surface area contributed by atoms with Gasteiger partial charge in [0.15, 0.2) is 11.0 Å². The van der Waals surface area contributed by atoms with E-state index in [1.54, 1.807) is 17.7 Å². The summed E-state index contributed by atoms with van der Waals surface area (Å²) >= 11 is 7.26. The van der Waals surface area contributed by atoms with Gasteiger partial charge >= 0.3 is 0 Å². The van der Waals surface area contributed by atoms with Gasteiger partial charge in [-0.05, 0) is 24.3 Å². The number of hydrogen-bond donors (Lipinski definition) is 1. The third kappa shape index (κ3) is 3.86. The second-order valence-electron chi connectivity index (χ2n) is 5.28. The third-order valence-corrected chi connectivity index (χ3v) is 4.86. The maximum Gasteiger partial charge on any atom is 0.235 e. The van der Waals surface area contributed by atoms with E-state index in [1.807, 2.05) is 18.2 Å². The molecule has 3 aromatic rings. The molecular formula is C17H13ClF2N4OS. The lowest BCUT2D eigenvalue weighted by molar-refractivity contribution is -0.113. The Labute approximate surface area is 157 Å². The standard InChI is InChI=1S/C17H13ClF2N4OS/c1-24-16(10-5-2-3-6-11(10)18)22-23-17(24)26-9-14(25)21-15-12(19)7-4-8-13(15)20/h2-8H,9H2,1H3,(H,21,25). The molecule has 0 saturated carbocycles. The molecule has 0 aliphatic carbocycles. The number of halogens is 3. The first kappa shape index (κ1) is 18.3. The van der Waals surface area contributed by atoms with E-state index in [0.717, 1.165) is 23.9 Å². The van der Waals surface area contributed by atoms with Crippen LogP contribution in [0.25, 0.3) is 11.4 Å². The van der Waals surface area contributed by atoms with E-state index in [9.17, 15) is 13.6 Å². The largest absolute Gasteiger partial charge is 0.320 e. The van der Waals surface area contributed by atoms with Crippen molar-refractivity contribution in [3.05, 3.63) is 59.1 Å². The van der Waals surface area contributed by atoms with Crippen LogP contribution in [0, 0.1) is 11.6 Å². The molecule has 2 aromatic carbocycles. The molecule has 9 heteroatoms. The Morgan fingerprint density at radius 2 is 1.85 bits per heavy atom. The van der Waals surface area contributed by atoms with Gasteiger partial charge in [0.2, 0.25) is 5.91 Å². The fourth-order valence-electron chi connectivity index (χ4n) is 2.24. The van der Waals surface area contributed by atoms with Crippen molar-refractivity contribution < 1.29 is 13.6 Å². The van der Waals surface area contributed by atoms with Crippen LogP contribution >= 0.6 is 23.4 Å². The fourth-order valence-corrected chi connectivity index (χ4v) is 3.17. The number of carbonyl (C=O) groups excluding carboxylic acids is 1. The van der Waals surface area contributed by atoms with Gasteiger partial charge < -0.3 is 9.88 Å². The number of hydrogen-bond acceptors (Lipinski definition) is 4. The summed E-state index contributed by atoms with van der Waals surface area (Å²) in [5, 5.41) is 11.4. The summed E-state index contributed by atoms with van der Waals surface area (Å²) in [7, 11) is 1.75. The first-order valence-electron chi connectivity index (χ1n) is 7.48. The van der Waals surface area contributed by atoms with Crippen LogP contribution in [0.3, 0.4) is 0 Å². The van der Waals surface area contributed by atoms with Crippen molar-refractivity contribution in [2.45, 2.75) is 5.16 Å². The molecule has 0 atom stereocenters. The van der Waals surface area contributed by atoms with E-state index in [2.05, 4.69) is 15.5 Å². The Morgan fingerprint density at radius 3 is 2.54 bits per heavy atom. The monoisotopic (exact) mass is 394 g/mol. The van der Waals surface area contributed by atoms with Crippen molar-refractivity contribution >= 4 is 35.0 Å². The lowest BCUT2D eigenvalue weighted by Gasteiger charge is -2.07. The first-order chi connectivity index (χ1) is 12.5. The summed E-state index contributed by atoms with van der Waals surface area (Å²) in [6, 6.07) is 10.6. The highest BCUT2D eigenvalue weighted by molar-refractivity contribution is 7.99. The van der Waals surface area contributed by atoms with Gasteiger partial charge in [-0.2, -0.15) is 0 Å². The van der Waals surface area contributed by atoms with Crippen molar-refractivity contribution in [2.24, 2.45) is 7.05 Å². The lowest BCUT2D eigenvalue weighted by Crippen LogP contribution is -2.16. The van der Waals surface area contributed by atoms with Gasteiger partial charge in [-0.3, -0.25) is 4.79 Å². The summed E-state index contributed by atoms with van der Waals surface area (Å²) in [5.74, 6) is -1.74. The first-order valence-corrected chi connectivity index (χ1v) is 8.84. The number of rotatable bonds is 5. The molecule has 5 nitrogen and oxygen atoms in total. The molecule has 1 aromatic heterocycles. The second kappa shape index (κ2) is 7.84. The zero-order chi connectivity index (χ0) is 18.7. The minimum absolute atomic E-state index is 0.0811. The summed E-state index contributed by atoms with van der Waals surface area (Å²) in [6.45, 7) is 0. The molecule has 26 heavy (non-hydrogen) atoms. The predicted molar refractivity (Wildman–Crippen MR) is 97.2 cm³/mol. The predicted octanol–water partition coefficient (Wildman–Crippen LogP) is 4.14. The summed E-state index contributed by atoms with van der Waals surface area (Å²) in [4.78, 5) is 12.0. The maximum atomic E-state index is 13.6. The van der Waals surface area contributed by atoms with Crippen LogP contribution in [-0.2, 0) is 11.8 Å². The molecule has 1 heterocycles. The highest BCUT2D eigenvalue weighted by Crippen LogP contribution is 2.28. The number of nitrogens with one attached hydrogen (secondary N) is 1. The van der Waals surface area contributed by atoms with Crippen molar-refractivity contribution in [1.82, 2.24) is 14.8 Å². The SMILES string of the molecule is Cn1c(SCC(=O)Nc2c(F)cccc2F)nnc1-c1ccccc1Cl. The molecule has 0 aliphatic rings. The third-order valence-electron chi connectivity index (χ3n) is 3.51. The molecular weight excluding hydrogens is 382 g/mol. The Balaban J connectivity index is 1.69. The van der Waals surface area contributed by atoms with E-state index in [-0.39, 0.29) is 5.75 Å². The van der Waals surface area contributed by atoms with Crippen molar-refractivity contribution in [1.29, 1.82) is 0 Å². The summed E-state index contributed by atoms with van der Waals surface area (Å²) < 4.78 is 28.8. The summed E-state index contributed by atoms with van der Waals surface area (Å²) in [5.41, 5.74) is 0.252. The number of para-hydroxylation sites is 1. The average molecular weight is 395 g/mol. The second-order valence-corrected chi connectivity index (χ2v) is 6.63. The van der Waals surface area contributed by atoms with Gasteiger partial charge in [0, 0.05) is 12.6 Å². The smallest absolute Gasteiger partial charge is 0.235 e. The molecule has 1 amide bonds. The molecule has 134 valence electrons. The van der Waals surface area contributed by atoms with Crippen LogP contribution in [0.2, 0.25) is 5.02 Å². The van der Waals surface area contributed by atoms with E-state index in [4.69, 9.17) is 11.6 Å². The minimum atomic E-state index is -0.831. The van der Waals surface area contributed by atoms with E-state index in [1.165, 1.54) is 6.07 Å². The zero-order valence-electron chi connectivity index (χ0n) is 13.5. The molecule has 0 unspecified atom stereocenters. The van der Waals surface area contributed by atoms with Crippen molar-refractivity contribution in [2.75, 3.05) is 11.1 Å². The molecule has 1 N–H and O–H groups in total. The van der Waals surface area contributed by atoms with Crippen LogP contribution in [-0.4, -0.2) is 26.4 Å². The van der Waals surface area contributed by atoms with Crippen molar-refractivity contribution in [3.63, 3.8) is 0 Å². The van der Waals surface area contributed by atoms with Gasteiger partial charge in [-0.15, -0.1) is 10.2 Å². The number of anilines is 1. The van der Waals surface area contributed by atoms with Gasteiger partial charge in [0.1, 0.15) is 17.3 Å². The molecule has 0 saturated heterocycles. The van der Waals surface area contributed by atoms with Crippen LogP contribution in [0.5, 0.6) is 0 Å². The number of benzene rings is 2. The number of carbonyl (C=O) groups is 1. The summed E-state index contributed by atoms with van der Waals surface area (Å²) in [6.07, 6.45) is 0. The Hall–Kier alpha value is -2.45. The molecule has 0 bridgehead atoms. The lowest BCUT2D eigenvalue weighted by atomic mass is 10.2. The van der Waals surface area contributed by atoms with Gasteiger partial charge in [0.25, 0.3) is 0 Å². The number of amides is 1. The topological polar surface area (TPSA) is 59.8 Å². The van der Waals surface area contributed by atoms with Crippen LogP contribution in [0.1, 0.15) is 0 Å². The average Bonchev–Trinajstić information content (AvgIpc) is 2.97. The minimum Gasteiger partial charge on any atom is -0.320 e. The van der Waals surface area contributed by atoms with Crippen molar-refractivity contribution in [3.8, 4) is 11.4 Å². The quantitative estimate of drug-likeness (QED) is 0.660. The Kier molecular flexibility index (Phi) is 5.53. The zero-order valence-corrected chi connectivity index (χ0v) is 15.1. The van der Waals surface area contributed by atoms with Gasteiger partial charge in [-0.1, -0.05) is 41.6 Å². The molecule has 3 rings (SSSR count). The van der Waals surface area contributed by atoms with Crippen LogP contribution in [0.4, 0.5) is 14.5 Å². The number of nitrogens with zero attached hydrogens (tertiary/aromatic N) is 3. The highest BCUT2D eigenvalue weighted by Gasteiger charge is 2.16. The molecule has 0 radical (unpaired) electrons. The van der Waals surface area contributed by atoms with Crippen LogP contribution in [0.15, 0.2) is 47.6 Å². The fraction of sp³-hybridized carbons (Fsp3) is 0.118. The molecule has 0 fully saturated rings. The Bertz CT molecular complexity index is 943. The number of thioether (sulfide) groups is 1. The highest BCUT2D eigenvalue weighted by atomic mass is 35.5. The molecule has 0 spiro atoms. The van der Waals surface area contributed by atoms with E-state index >= 15 is 0 Å². The Morgan fingerprint density at radius 1 is 1.15 bits per heavy atom.